The molecule has 7 heteroatoms. The van der Waals surface area contributed by atoms with Crippen molar-refractivity contribution in [3.8, 4) is 0 Å². The molecule has 1 aromatic carbocycles. The standard InChI is InChI=1S/C12H13BrINO4/c1-19-5-4-15(7-11(16)17)12(18)9-6-8(14)2-3-10(9)13/h2-3,6H,4-5,7H2,1H3,(H,16,17). The number of carboxylic acids is 1. The van der Waals surface area contributed by atoms with E-state index < -0.39 is 5.97 Å². The van der Waals surface area contributed by atoms with Crippen LogP contribution in [0, 0.1) is 3.57 Å². The fourth-order valence-corrected chi connectivity index (χ4v) is 2.36. The van der Waals surface area contributed by atoms with Crippen LogP contribution in [-0.4, -0.2) is 48.7 Å². The summed E-state index contributed by atoms with van der Waals surface area (Å²) in [4.78, 5) is 24.4. The number of amides is 1. The van der Waals surface area contributed by atoms with Crippen molar-refractivity contribution in [3.05, 3.63) is 31.8 Å². The van der Waals surface area contributed by atoms with Gasteiger partial charge in [0.05, 0.1) is 12.2 Å². The molecule has 1 rings (SSSR count). The van der Waals surface area contributed by atoms with Gasteiger partial charge in [0.25, 0.3) is 5.91 Å². The van der Waals surface area contributed by atoms with Crippen molar-refractivity contribution < 1.29 is 19.4 Å². The predicted molar refractivity (Wildman–Crippen MR) is 82.3 cm³/mol. The smallest absolute Gasteiger partial charge is 0.323 e. The highest BCUT2D eigenvalue weighted by atomic mass is 127. The number of nitrogens with zero attached hydrogens (tertiary/aromatic N) is 1. The second-order valence-electron chi connectivity index (χ2n) is 3.74. The number of rotatable bonds is 6. The molecule has 1 amide bonds. The number of benzene rings is 1. The van der Waals surface area contributed by atoms with Crippen molar-refractivity contribution >= 4 is 50.4 Å². The second-order valence-corrected chi connectivity index (χ2v) is 5.84. The minimum Gasteiger partial charge on any atom is -0.480 e. The van der Waals surface area contributed by atoms with Crippen molar-refractivity contribution in [1.29, 1.82) is 0 Å². The molecule has 5 nitrogen and oxygen atoms in total. The first kappa shape index (κ1) is 16.4. The predicted octanol–water partition coefficient (Wildman–Crippen LogP) is 2.23. The van der Waals surface area contributed by atoms with E-state index in [1.54, 1.807) is 12.1 Å². The summed E-state index contributed by atoms with van der Waals surface area (Å²) in [5.74, 6) is -1.38. The molecule has 0 spiro atoms. The lowest BCUT2D eigenvalue weighted by molar-refractivity contribution is -0.137. The Bertz CT molecular complexity index is 481. The van der Waals surface area contributed by atoms with E-state index in [0.717, 1.165) is 3.57 Å². The summed E-state index contributed by atoms with van der Waals surface area (Å²) in [5.41, 5.74) is 0.448. The molecule has 1 aromatic rings. The number of hydrogen-bond donors (Lipinski definition) is 1. The molecule has 0 saturated carbocycles. The largest absolute Gasteiger partial charge is 0.480 e. The first-order valence-corrected chi connectivity index (χ1v) is 7.28. The molecule has 0 fully saturated rings. The molecule has 0 bridgehead atoms. The highest BCUT2D eigenvalue weighted by Gasteiger charge is 2.20. The molecule has 1 N–H and O–H groups in total. The van der Waals surface area contributed by atoms with Crippen LogP contribution in [0.5, 0.6) is 0 Å². The van der Waals surface area contributed by atoms with E-state index in [9.17, 15) is 9.59 Å². The Labute approximate surface area is 133 Å². The van der Waals surface area contributed by atoms with E-state index in [2.05, 4.69) is 38.5 Å². The van der Waals surface area contributed by atoms with E-state index >= 15 is 0 Å². The molecule has 19 heavy (non-hydrogen) atoms. The van der Waals surface area contributed by atoms with Crippen molar-refractivity contribution in [2.24, 2.45) is 0 Å². The molecule has 0 radical (unpaired) electrons. The third-order valence-electron chi connectivity index (χ3n) is 2.34. The highest BCUT2D eigenvalue weighted by Crippen LogP contribution is 2.21. The first-order valence-electron chi connectivity index (χ1n) is 5.40. The lowest BCUT2D eigenvalue weighted by atomic mass is 10.2. The third-order valence-corrected chi connectivity index (χ3v) is 3.70. The molecule has 0 saturated heterocycles. The molecular formula is C12H13BrINO4. The topological polar surface area (TPSA) is 66.8 Å². The number of carboxylic acid groups (broad SMARTS) is 1. The summed E-state index contributed by atoms with van der Waals surface area (Å²) < 4.78 is 6.45. The molecule has 0 unspecified atom stereocenters. The van der Waals surface area contributed by atoms with Crippen LogP contribution in [0.4, 0.5) is 0 Å². The van der Waals surface area contributed by atoms with Crippen molar-refractivity contribution in [2.45, 2.75) is 0 Å². The summed E-state index contributed by atoms with van der Waals surface area (Å²) >= 11 is 5.40. The molecule has 104 valence electrons. The van der Waals surface area contributed by atoms with Crippen LogP contribution < -0.4 is 0 Å². The molecular weight excluding hydrogens is 429 g/mol. The summed E-state index contributed by atoms with van der Waals surface area (Å²) in [7, 11) is 1.50. The molecule has 0 heterocycles. The van der Waals surface area contributed by atoms with Gasteiger partial charge in [0.1, 0.15) is 6.54 Å². The Morgan fingerprint density at radius 1 is 1.47 bits per heavy atom. The molecule has 0 atom stereocenters. The minimum atomic E-state index is -1.05. The number of carbonyl (C=O) groups is 2. The Balaban J connectivity index is 2.97. The summed E-state index contributed by atoms with van der Waals surface area (Å²) in [6.07, 6.45) is 0. The van der Waals surface area contributed by atoms with Crippen LogP contribution in [0.2, 0.25) is 0 Å². The van der Waals surface area contributed by atoms with Gasteiger partial charge in [-0.3, -0.25) is 9.59 Å². The molecule has 0 aliphatic rings. The fraction of sp³-hybridized carbons (Fsp3) is 0.333. The second kappa shape index (κ2) is 7.81. The highest BCUT2D eigenvalue weighted by molar-refractivity contribution is 14.1. The monoisotopic (exact) mass is 441 g/mol. The van der Waals surface area contributed by atoms with Gasteiger partial charge in [-0.05, 0) is 56.7 Å². The average Bonchev–Trinajstić information content (AvgIpc) is 2.36. The number of halogens is 2. The van der Waals surface area contributed by atoms with E-state index in [4.69, 9.17) is 9.84 Å². The van der Waals surface area contributed by atoms with Gasteiger partial charge in [0, 0.05) is 21.7 Å². The molecule has 0 aliphatic heterocycles. The summed E-state index contributed by atoms with van der Waals surface area (Å²) in [6.45, 7) is 0.181. The van der Waals surface area contributed by atoms with Gasteiger partial charge in [-0.2, -0.15) is 0 Å². The van der Waals surface area contributed by atoms with Gasteiger partial charge in [-0.15, -0.1) is 0 Å². The normalized spacial score (nSPS) is 10.3. The zero-order valence-corrected chi connectivity index (χ0v) is 14.0. The number of aliphatic carboxylic acids is 1. The van der Waals surface area contributed by atoms with Crippen LogP contribution in [-0.2, 0) is 9.53 Å². The molecule has 0 aliphatic carbocycles. The van der Waals surface area contributed by atoms with Crippen LogP contribution in [0.25, 0.3) is 0 Å². The third kappa shape index (κ3) is 5.07. The maximum Gasteiger partial charge on any atom is 0.323 e. The zero-order chi connectivity index (χ0) is 14.4. The number of carbonyl (C=O) groups excluding carboxylic acids is 1. The SMILES string of the molecule is COCCN(CC(=O)O)C(=O)c1cc(I)ccc1Br. The summed E-state index contributed by atoms with van der Waals surface area (Å²) in [5, 5.41) is 8.86. The number of methoxy groups -OCH3 is 1. The number of ether oxygens (including phenoxy) is 1. The van der Waals surface area contributed by atoms with Crippen molar-refractivity contribution in [2.75, 3.05) is 26.8 Å². The maximum atomic E-state index is 12.3. The van der Waals surface area contributed by atoms with Crippen LogP contribution in [0.1, 0.15) is 10.4 Å². The maximum absolute atomic E-state index is 12.3. The number of hydrogen-bond acceptors (Lipinski definition) is 3. The van der Waals surface area contributed by atoms with Crippen LogP contribution in [0.3, 0.4) is 0 Å². The van der Waals surface area contributed by atoms with Crippen molar-refractivity contribution in [1.82, 2.24) is 4.90 Å². The van der Waals surface area contributed by atoms with E-state index in [1.807, 2.05) is 6.07 Å². The van der Waals surface area contributed by atoms with Gasteiger partial charge in [-0.1, -0.05) is 0 Å². The van der Waals surface area contributed by atoms with Gasteiger partial charge in [-0.25, -0.2) is 0 Å². The van der Waals surface area contributed by atoms with Crippen LogP contribution >= 0.6 is 38.5 Å². The van der Waals surface area contributed by atoms with Crippen LogP contribution in [0.15, 0.2) is 22.7 Å². The Kier molecular flexibility index (Phi) is 6.73. The first-order chi connectivity index (χ1) is 8.95. The quantitative estimate of drug-likeness (QED) is 0.687. The lowest BCUT2D eigenvalue weighted by Crippen LogP contribution is -2.38. The average molecular weight is 442 g/mol. The van der Waals surface area contributed by atoms with E-state index in [1.165, 1.54) is 12.0 Å². The van der Waals surface area contributed by atoms with Gasteiger partial charge >= 0.3 is 5.97 Å². The fourth-order valence-electron chi connectivity index (χ4n) is 1.45. The Morgan fingerprint density at radius 3 is 2.74 bits per heavy atom. The molecule has 0 aromatic heterocycles. The zero-order valence-electron chi connectivity index (χ0n) is 10.2. The van der Waals surface area contributed by atoms with Gasteiger partial charge in [0.15, 0.2) is 0 Å². The van der Waals surface area contributed by atoms with Gasteiger partial charge < -0.3 is 14.7 Å². The lowest BCUT2D eigenvalue weighted by Gasteiger charge is -2.21. The van der Waals surface area contributed by atoms with E-state index in [-0.39, 0.29) is 19.0 Å². The van der Waals surface area contributed by atoms with E-state index in [0.29, 0.717) is 16.6 Å². The van der Waals surface area contributed by atoms with Gasteiger partial charge in [0.2, 0.25) is 0 Å². The Morgan fingerprint density at radius 2 is 2.16 bits per heavy atom. The van der Waals surface area contributed by atoms with Crippen molar-refractivity contribution in [3.63, 3.8) is 0 Å². The summed E-state index contributed by atoms with van der Waals surface area (Å²) in [6, 6.07) is 5.34. The Hall–Kier alpha value is -0.670. The minimum absolute atomic E-state index is 0.236.